The van der Waals surface area contributed by atoms with Crippen molar-refractivity contribution in [2.45, 2.75) is 81.7 Å². The Morgan fingerprint density at radius 3 is 2.00 bits per heavy atom. The number of carbonyl (C=O) groups is 1. The molecule has 2 atom stereocenters. The molecule has 5 nitrogen and oxygen atoms in total. The molecule has 0 bridgehead atoms. The Hall–Kier alpha value is -2.25. The fraction of sp³-hybridized carbons (Fsp3) is 0.619. The van der Waals surface area contributed by atoms with Crippen LogP contribution in [0.5, 0.6) is 0 Å². The minimum absolute atomic E-state index is 0.366. The summed E-state index contributed by atoms with van der Waals surface area (Å²) in [6.45, 7) is 6.21. The summed E-state index contributed by atoms with van der Waals surface area (Å²) >= 11 is 0. The van der Waals surface area contributed by atoms with E-state index in [1.807, 2.05) is 0 Å². The molecule has 0 amide bonds. The highest BCUT2D eigenvalue weighted by molar-refractivity contribution is 5.81. The molecule has 1 aromatic carbocycles. The van der Waals surface area contributed by atoms with Crippen molar-refractivity contribution >= 4 is 5.97 Å². The first kappa shape index (κ1) is 25.0. The van der Waals surface area contributed by atoms with Crippen molar-refractivity contribution in [1.82, 2.24) is 5.06 Å². The summed E-state index contributed by atoms with van der Waals surface area (Å²) in [6.07, 6.45) is -2.87. The fourth-order valence-electron chi connectivity index (χ4n) is 4.10. The molecule has 31 heavy (non-hydrogen) atoms. The van der Waals surface area contributed by atoms with Gasteiger partial charge in [0, 0.05) is 16.6 Å². The van der Waals surface area contributed by atoms with Crippen LogP contribution >= 0.6 is 0 Å². The van der Waals surface area contributed by atoms with E-state index in [1.165, 1.54) is 6.07 Å². The second kappa shape index (κ2) is 8.02. The molecular weight excluding hydrogens is 423 g/mol. The molecule has 1 aliphatic rings. The molecule has 1 aromatic rings. The number of hydrogen-bond donors (Lipinski definition) is 1. The van der Waals surface area contributed by atoms with Gasteiger partial charge in [-0.15, -0.1) is 0 Å². The van der Waals surface area contributed by atoms with Gasteiger partial charge in [0.2, 0.25) is 0 Å². The normalized spacial score (nSPS) is 22.9. The fourth-order valence-corrected chi connectivity index (χ4v) is 4.10. The largest absolute Gasteiger partial charge is 0.478 e. The van der Waals surface area contributed by atoms with E-state index in [1.54, 1.807) is 27.7 Å². The maximum Gasteiger partial charge on any atom is 0.352 e. The third-order valence-electron chi connectivity index (χ3n) is 5.75. The molecule has 0 radical (unpaired) electrons. The van der Waals surface area contributed by atoms with E-state index in [0.717, 1.165) is 35.4 Å². The van der Waals surface area contributed by atoms with Gasteiger partial charge in [-0.3, -0.25) is 4.84 Å². The summed E-state index contributed by atoms with van der Waals surface area (Å²) in [5, 5.41) is 19.8. The van der Waals surface area contributed by atoms with E-state index < -0.39 is 46.2 Å². The van der Waals surface area contributed by atoms with Crippen LogP contribution in [0.4, 0.5) is 22.0 Å². The lowest BCUT2D eigenvalue weighted by Crippen LogP contribution is -2.70. The molecule has 0 saturated carbocycles. The monoisotopic (exact) mass is 448 g/mol. The quantitative estimate of drug-likeness (QED) is 0.590. The highest BCUT2D eigenvalue weighted by Gasteiger charge is 2.78. The molecule has 172 valence electrons. The van der Waals surface area contributed by atoms with E-state index in [0.29, 0.717) is 19.3 Å². The lowest BCUT2D eigenvalue weighted by molar-refractivity contribution is -0.394. The number of nitrogens with zero attached hydrogens (tertiary/aromatic N) is 2. The molecular formula is C21H25F5N2O3. The second-order valence-electron chi connectivity index (χ2n) is 8.92. The first-order valence-corrected chi connectivity index (χ1v) is 9.65. The Labute approximate surface area is 177 Å². The predicted molar refractivity (Wildman–Crippen MR) is 101 cm³/mol. The molecule has 2 rings (SSSR count). The van der Waals surface area contributed by atoms with Crippen molar-refractivity contribution in [1.29, 1.82) is 5.26 Å². The number of nitriles is 1. The van der Waals surface area contributed by atoms with Crippen molar-refractivity contribution in [3.05, 3.63) is 35.9 Å². The molecule has 2 unspecified atom stereocenters. The van der Waals surface area contributed by atoms with E-state index in [9.17, 15) is 23.9 Å². The van der Waals surface area contributed by atoms with Gasteiger partial charge >= 0.3 is 17.5 Å². The highest BCUT2D eigenvalue weighted by atomic mass is 19.3. The Kier molecular flexibility index (Phi) is 6.47. The summed E-state index contributed by atoms with van der Waals surface area (Å²) in [5.41, 5.74) is -12.3. The first-order chi connectivity index (χ1) is 14.1. The maximum atomic E-state index is 15.7. The molecule has 1 N–H and O–H groups in total. The van der Waals surface area contributed by atoms with Crippen LogP contribution in [-0.4, -0.2) is 45.2 Å². The van der Waals surface area contributed by atoms with Crippen LogP contribution < -0.4 is 0 Å². The lowest BCUT2D eigenvalue weighted by Gasteiger charge is -2.54. The molecule has 0 aromatic heterocycles. The number of carboxylic acids is 1. The van der Waals surface area contributed by atoms with Gasteiger partial charge in [-0.05, 0) is 47.0 Å². The van der Waals surface area contributed by atoms with Gasteiger partial charge in [0.1, 0.15) is 6.07 Å². The third-order valence-corrected chi connectivity index (χ3v) is 5.75. The van der Waals surface area contributed by atoms with Gasteiger partial charge in [0.05, 0.1) is 0 Å². The van der Waals surface area contributed by atoms with Crippen LogP contribution in [0.15, 0.2) is 30.3 Å². The molecule has 1 aliphatic heterocycles. The van der Waals surface area contributed by atoms with Gasteiger partial charge in [-0.25, -0.2) is 18.0 Å². The van der Waals surface area contributed by atoms with Gasteiger partial charge in [-0.2, -0.15) is 19.1 Å². The Bertz CT molecular complexity index is 840. The number of carboxylic acid groups (broad SMARTS) is 1. The van der Waals surface area contributed by atoms with Crippen LogP contribution in [0.2, 0.25) is 0 Å². The SMILES string of the molecule is CC1(C)CCCC(C)(C)N1OC(C#N)(C(F)F)C(F)(F)C(F)(C(=O)O)c1ccccc1. The minimum atomic E-state index is -5.49. The summed E-state index contributed by atoms with van der Waals surface area (Å²) in [5.74, 6) is -8.20. The van der Waals surface area contributed by atoms with Gasteiger partial charge < -0.3 is 5.11 Å². The van der Waals surface area contributed by atoms with E-state index in [2.05, 4.69) is 0 Å². The molecule has 0 aliphatic carbocycles. The molecule has 10 heteroatoms. The van der Waals surface area contributed by atoms with Crippen molar-refractivity contribution in [3.8, 4) is 6.07 Å². The van der Waals surface area contributed by atoms with Crippen LogP contribution in [0, 0.1) is 11.3 Å². The molecule has 1 fully saturated rings. The Balaban J connectivity index is 2.74. The third kappa shape index (κ3) is 3.78. The standard InChI is InChI=1S/C21H25F5N2O3/c1-17(2)11-8-12-18(3,4)28(17)31-19(13-27,15(22)23)21(25,26)20(24,16(29)30)14-9-6-5-7-10-14/h5-7,9-10,15H,8,11-12H2,1-4H3,(H,29,30). The Morgan fingerprint density at radius 2 is 1.61 bits per heavy atom. The van der Waals surface area contributed by atoms with Gasteiger partial charge in [0.25, 0.3) is 12.1 Å². The zero-order valence-corrected chi connectivity index (χ0v) is 17.6. The number of benzene rings is 1. The van der Waals surface area contributed by atoms with Crippen LogP contribution in [0.25, 0.3) is 0 Å². The smallest absolute Gasteiger partial charge is 0.352 e. The van der Waals surface area contributed by atoms with E-state index >= 15 is 13.2 Å². The maximum absolute atomic E-state index is 15.7. The number of aliphatic carboxylic acids is 1. The number of rotatable bonds is 7. The van der Waals surface area contributed by atoms with Crippen molar-refractivity contribution in [3.63, 3.8) is 0 Å². The summed E-state index contributed by atoms with van der Waals surface area (Å²) in [4.78, 5) is 16.8. The number of hydrogen-bond acceptors (Lipinski definition) is 4. The highest BCUT2D eigenvalue weighted by Crippen LogP contribution is 2.53. The summed E-state index contributed by atoms with van der Waals surface area (Å²) in [6, 6.07) is 5.66. The van der Waals surface area contributed by atoms with E-state index in [4.69, 9.17) is 4.84 Å². The summed E-state index contributed by atoms with van der Waals surface area (Å²) < 4.78 is 75.3. The second-order valence-corrected chi connectivity index (χ2v) is 8.92. The predicted octanol–water partition coefficient (Wildman–Crippen LogP) is 5.07. The number of hydroxylamine groups is 2. The molecule has 1 heterocycles. The van der Waals surface area contributed by atoms with Crippen LogP contribution in [0.1, 0.15) is 52.5 Å². The molecule has 1 saturated heterocycles. The number of piperidine rings is 1. The number of alkyl halides is 5. The van der Waals surface area contributed by atoms with Crippen LogP contribution in [-0.2, 0) is 15.3 Å². The van der Waals surface area contributed by atoms with Crippen molar-refractivity contribution in [2.75, 3.05) is 0 Å². The zero-order valence-electron chi connectivity index (χ0n) is 17.6. The van der Waals surface area contributed by atoms with Crippen LogP contribution in [0.3, 0.4) is 0 Å². The zero-order chi connectivity index (χ0) is 23.9. The van der Waals surface area contributed by atoms with Crippen molar-refractivity contribution < 1.29 is 36.7 Å². The number of halogens is 5. The van der Waals surface area contributed by atoms with Crippen molar-refractivity contribution in [2.24, 2.45) is 0 Å². The average molecular weight is 448 g/mol. The van der Waals surface area contributed by atoms with E-state index in [-0.39, 0.29) is 0 Å². The average Bonchev–Trinajstić information content (AvgIpc) is 2.66. The summed E-state index contributed by atoms with van der Waals surface area (Å²) in [7, 11) is 0. The molecule has 0 spiro atoms. The minimum Gasteiger partial charge on any atom is -0.478 e. The van der Waals surface area contributed by atoms with Gasteiger partial charge in [0.15, 0.2) is 0 Å². The Morgan fingerprint density at radius 1 is 1.13 bits per heavy atom. The topological polar surface area (TPSA) is 73.6 Å². The lowest BCUT2D eigenvalue weighted by atomic mass is 9.79. The first-order valence-electron chi connectivity index (χ1n) is 9.65. The van der Waals surface area contributed by atoms with Gasteiger partial charge in [-0.1, -0.05) is 30.3 Å².